The van der Waals surface area contributed by atoms with Gasteiger partial charge in [-0.2, -0.15) is 0 Å². The van der Waals surface area contributed by atoms with E-state index in [0.717, 1.165) is 0 Å². The van der Waals surface area contributed by atoms with Crippen molar-refractivity contribution in [3.05, 3.63) is 10.8 Å². The normalized spacial score (nSPS) is 11.4. The van der Waals surface area contributed by atoms with Gasteiger partial charge >= 0.3 is 0 Å². The molecule has 0 aromatic heterocycles. The van der Waals surface area contributed by atoms with Crippen molar-refractivity contribution in [2.24, 2.45) is 0 Å². The van der Waals surface area contributed by atoms with E-state index in [9.17, 15) is 0 Å². The Labute approximate surface area is 52.0 Å². The average Bonchev–Trinajstić information content (AvgIpc) is 2.12. The Balaban J connectivity index is 3.06. The van der Waals surface area contributed by atoms with Gasteiger partial charge in [-0.3, -0.25) is 0 Å². The number of hydrogen-bond acceptors (Lipinski definition) is 1. The molecule has 8 heavy (non-hydrogen) atoms. The molecule has 0 amide bonds. The number of allylic oxidation sites excluding steroid dienone is 1. The maximum atomic E-state index is 8.49. The van der Waals surface area contributed by atoms with Crippen molar-refractivity contribution in [2.75, 3.05) is 0 Å². The zero-order valence-corrected chi connectivity index (χ0v) is 4.58. The fraction of sp³-hybridized carbons (Fsp3) is 0. The van der Waals surface area contributed by atoms with Crippen LogP contribution in [0.25, 0.3) is 0 Å². The Hall–Kier alpha value is -1.05. The minimum absolute atomic E-state index is 0.312. The van der Waals surface area contributed by atoms with Crippen LogP contribution in [0.3, 0.4) is 0 Å². The van der Waals surface area contributed by atoms with E-state index >= 15 is 0 Å². The Morgan fingerprint density at radius 3 is 2.12 bits per heavy atom. The second-order valence-electron chi connectivity index (χ2n) is 1.17. The minimum Gasteiger partial charge on any atom is -0.497 e. The van der Waals surface area contributed by atoms with Gasteiger partial charge in [-0.25, -0.2) is 0 Å². The highest BCUT2D eigenvalue weighted by atomic mass is 35.5. The zero-order valence-electron chi connectivity index (χ0n) is 3.83. The van der Waals surface area contributed by atoms with Crippen molar-refractivity contribution in [1.82, 2.24) is 0 Å². The molecule has 0 spiro atoms. The molecule has 0 atom stereocenters. The molecule has 0 saturated carbocycles. The van der Waals surface area contributed by atoms with Gasteiger partial charge in [0.25, 0.3) is 0 Å². The standard InChI is InChI=1S/C6HClO/c7-6(8)5-3-1-2-4-5/h8H. The number of halogens is 1. The summed E-state index contributed by atoms with van der Waals surface area (Å²) >= 11 is 5.11. The highest BCUT2D eigenvalue weighted by Gasteiger charge is 1.95. The van der Waals surface area contributed by atoms with Crippen LogP contribution in [0.1, 0.15) is 0 Å². The van der Waals surface area contributed by atoms with Gasteiger partial charge in [-0.1, -0.05) is 0 Å². The fourth-order valence-corrected chi connectivity index (χ4v) is 0.416. The van der Waals surface area contributed by atoms with E-state index in [0.29, 0.717) is 5.57 Å². The van der Waals surface area contributed by atoms with E-state index < -0.39 is 0 Å². The van der Waals surface area contributed by atoms with Crippen LogP contribution in [0.5, 0.6) is 0 Å². The molecule has 0 aromatic carbocycles. The monoisotopic (exact) mass is 124 g/mol. The van der Waals surface area contributed by atoms with E-state index in [1.54, 1.807) is 0 Å². The highest BCUT2D eigenvalue weighted by Crippen LogP contribution is 2.04. The van der Waals surface area contributed by atoms with Crippen molar-refractivity contribution >= 4 is 11.6 Å². The molecule has 0 aromatic rings. The van der Waals surface area contributed by atoms with Crippen molar-refractivity contribution in [1.29, 1.82) is 0 Å². The van der Waals surface area contributed by atoms with E-state index in [1.807, 2.05) is 0 Å². The average molecular weight is 125 g/mol. The molecular formula is C6HClO. The lowest BCUT2D eigenvalue weighted by molar-refractivity contribution is 0.450. The largest absolute Gasteiger partial charge is 0.497 e. The lowest BCUT2D eigenvalue weighted by Crippen LogP contribution is -1.73. The Morgan fingerprint density at radius 1 is 1.38 bits per heavy atom. The van der Waals surface area contributed by atoms with Gasteiger partial charge in [0.05, 0.1) is 0 Å². The van der Waals surface area contributed by atoms with Crippen LogP contribution in [0.4, 0.5) is 0 Å². The summed E-state index contributed by atoms with van der Waals surface area (Å²) in [6.07, 6.45) is 0. The lowest BCUT2D eigenvalue weighted by atomic mass is 10.4. The van der Waals surface area contributed by atoms with Crippen LogP contribution >= 0.6 is 11.6 Å². The molecule has 1 nitrogen and oxygen atoms in total. The molecule has 0 aliphatic heterocycles. The van der Waals surface area contributed by atoms with Crippen molar-refractivity contribution < 1.29 is 5.11 Å². The summed E-state index contributed by atoms with van der Waals surface area (Å²) in [7, 11) is 0. The first kappa shape index (κ1) is 5.09. The van der Waals surface area contributed by atoms with E-state index in [2.05, 4.69) is 23.7 Å². The lowest BCUT2D eigenvalue weighted by Gasteiger charge is -1.81. The summed E-state index contributed by atoms with van der Waals surface area (Å²) in [6.45, 7) is 0. The van der Waals surface area contributed by atoms with E-state index in [-0.39, 0.29) is 5.22 Å². The maximum Gasteiger partial charge on any atom is 0.209 e. The Morgan fingerprint density at radius 2 is 1.88 bits per heavy atom. The number of rotatable bonds is 0. The number of hydrogen-bond donors (Lipinski definition) is 1. The van der Waals surface area contributed by atoms with Crippen LogP contribution < -0.4 is 0 Å². The summed E-state index contributed by atoms with van der Waals surface area (Å²) in [5.74, 6) is 9.84. The first-order chi connectivity index (χ1) is 3.80. The third kappa shape index (κ3) is 0.780. The Kier molecular flexibility index (Phi) is 1.16. The van der Waals surface area contributed by atoms with E-state index in [1.165, 1.54) is 0 Å². The second kappa shape index (κ2) is 1.82. The van der Waals surface area contributed by atoms with Gasteiger partial charge in [-0.05, 0) is 35.3 Å². The van der Waals surface area contributed by atoms with Gasteiger partial charge in [0, 0.05) is 0 Å². The molecule has 0 bridgehead atoms. The molecule has 0 radical (unpaired) electrons. The van der Waals surface area contributed by atoms with Crippen LogP contribution in [0.2, 0.25) is 0 Å². The molecule has 38 valence electrons. The van der Waals surface area contributed by atoms with Gasteiger partial charge < -0.3 is 5.11 Å². The molecule has 1 aliphatic rings. The quantitative estimate of drug-likeness (QED) is 0.378. The molecule has 1 N–H and O–H groups in total. The van der Waals surface area contributed by atoms with E-state index in [4.69, 9.17) is 16.7 Å². The highest BCUT2D eigenvalue weighted by molar-refractivity contribution is 6.29. The van der Waals surface area contributed by atoms with Gasteiger partial charge in [0.1, 0.15) is 5.57 Å². The van der Waals surface area contributed by atoms with Crippen LogP contribution in [-0.4, -0.2) is 5.11 Å². The molecule has 0 fully saturated rings. The summed E-state index contributed by atoms with van der Waals surface area (Å²) in [5.41, 5.74) is 0.312. The maximum absolute atomic E-state index is 8.49. The first-order valence-corrected chi connectivity index (χ1v) is 2.29. The SMILES string of the molecule is OC(Cl)=C1C#CC#C1. The van der Waals surface area contributed by atoms with Crippen molar-refractivity contribution in [3.8, 4) is 23.7 Å². The zero-order chi connectivity index (χ0) is 5.98. The predicted molar refractivity (Wildman–Crippen MR) is 31.1 cm³/mol. The topological polar surface area (TPSA) is 20.2 Å². The summed E-state index contributed by atoms with van der Waals surface area (Å²) in [6, 6.07) is 0. The molecular weight excluding hydrogens is 124 g/mol. The molecule has 1 rings (SSSR count). The smallest absolute Gasteiger partial charge is 0.209 e. The third-order valence-corrected chi connectivity index (χ3v) is 0.833. The first-order valence-electron chi connectivity index (χ1n) is 1.91. The molecule has 0 heterocycles. The molecule has 0 unspecified atom stereocenters. The molecule has 0 saturated heterocycles. The van der Waals surface area contributed by atoms with Crippen molar-refractivity contribution in [2.45, 2.75) is 0 Å². The summed E-state index contributed by atoms with van der Waals surface area (Å²) in [5, 5.41) is 8.18. The van der Waals surface area contributed by atoms with Gasteiger partial charge in [0.15, 0.2) is 0 Å². The molecule has 2 heteroatoms. The second-order valence-corrected chi connectivity index (χ2v) is 1.52. The van der Waals surface area contributed by atoms with Gasteiger partial charge in [-0.15, -0.1) is 0 Å². The van der Waals surface area contributed by atoms with Crippen LogP contribution in [0, 0.1) is 23.7 Å². The minimum atomic E-state index is -0.317. The van der Waals surface area contributed by atoms with Crippen molar-refractivity contribution in [3.63, 3.8) is 0 Å². The molecule has 1 aliphatic carbocycles. The Bertz CT molecular complexity index is 228. The number of aliphatic hydroxyl groups excluding tert-OH is 1. The number of aliphatic hydroxyl groups is 1. The van der Waals surface area contributed by atoms with Crippen LogP contribution in [0.15, 0.2) is 10.8 Å². The van der Waals surface area contributed by atoms with Crippen LogP contribution in [-0.2, 0) is 0 Å². The fourth-order valence-electron chi connectivity index (χ4n) is 0.322. The third-order valence-electron chi connectivity index (χ3n) is 0.644. The van der Waals surface area contributed by atoms with Gasteiger partial charge in [0.2, 0.25) is 5.22 Å². The predicted octanol–water partition coefficient (Wildman–Crippen LogP) is 1.02. The summed E-state index contributed by atoms with van der Waals surface area (Å²) in [4.78, 5) is 0. The summed E-state index contributed by atoms with van der Waals surface area (Å²) < 4.78 is 0.